The lowest BCUT2D eigenvalue weighted by atomic mass is 9.99. The van der Waals surface area contributed by atoms with Crippen LogP contribution >= 0.6 is 0 Å². The number of carbonyl (C=O) groups excluding carboxylic acids is 1. The van der Waals surface area contributed by atoms with Crippen LogP contribution in [0.15, 0.2) is 48.5 Å². The number of nitrogens with zero attached hydrogens (tertiary/aromatic N) is 2. The summed E-state index contributed by atoms with van der Waals surface area (Å²) < 4.78 is 0. The van der Waals surface area contributed by atoms with Gasteiger partial charge < -0.3 is 10.6 Å². The van der Waals surface area contributed by atoms with Gasteiger partial charge in [0.25, 0.3) is 0 Å². The molecule has 5 heteroatoms. The third-order valence-electron chi connectivity index (χ3n) is 4.37. The van der Waals surface area contributed by atoms with Crippen LogP contribution in [0.4, 0.5) is 0 Å². The van der Waals surface area contributed by atoms with Crippen molar-refractivity contribution in [2.75, 3.05) is 13.1 Å². The maximum absolute atomic E-state index is 12.0. The van der Waals surface area contributed by atoms with E-state index in [0.717, 1.165) is 16.7 Å². The van der Waals surface area contributed by atoms with Gasteiger partial charge in [-0.15, -0.1) is 0 Å². The first-order valence-corrected chi connectivity index (χ1v) is 8.20. The first kappa shape index (κ1) is 16.7. The van der Waals surface area contributed by atoms with Gasteiger partial charge in [0.05, 0.1) is 23.6 Å². The zero-order valence-electron chi connectivity index (χ0n) is 13.7. The zero-order chi connectivity index (χ0) is 17.6. The van der Waals surface area contributed by atoms with Crippen LogP contribution in [0.1, 0.15) is 11.1 Å². The summed E-state index contributed by atoms with van der Waals surface area (Å²) in [6, 6.07) is 19.1. The van der Waals surface area contributed by atoms with Crippen LogP contribution in [0.3, 0.4) is 0 Å². The third-order valence-corrected chi connectivity index (χ3v) is 4.37. The summed E-state index contributed by atoms with van der Waals surface area (Å²) in [5.41, 5.74) is 3.71. The molecule has 5 nitrogen and oxygen atoms in total. The Morgan fingerprint density at radius 2 is 1.68 bits per heavy atom. The highest BCUT2D eigenvalue weighted by Gasteiger charge is 2.26. The molecule has 0 bridgehead atoms. The molecule has 1 aliphatic heterocycles. The number of nitriles is 2. The number of rotatable bonds is 5. The third kappa shape index (κ3) is 4.03. The molecule has 1 heterocycles. The fourth-order valence-corrected chi connectivity index (χ4v) is 2.70. The molecule has 0 aliphatic carbocycles. The molecule has 3 rings (SSSR count). The van der Waals surface area contributed by atoms with Crippen molar-refractivity contribution in [3.63, 3.8) is 0 Å². The van der Waals surface area contributed by atoms with E-state index in [9.17, 15) is 10.1 Å². The van der Waals surface area contributed by atoms with Crippen molar-refractivity contribution in [3.05, 3.63) is 59.7 Å². The molecule has 124 valence electrons. The minimum atomic E-state index is -0.520. The van der Waals surface area contributed by atoms with E-state index < -0.39 is 6.04 Å². The van der Waals surface area contributed by atoms with Gasteiger partial charge in [-0.25, -0.2) is 0 Å². The highest BCUT2D eigenvalue weighted by Crippen LogP contribution is 2.20. The van der Waals surface area contributed by atoms with Crippen molar-refractivity contribution in [3.8, 4) is 23.3 Å². The van der Waals surface area contributed by atoms with Gasteiger partial charge in [0.15, 0.2) is 0 Å². The predicted molar refractivity (Wildman–Crippen MR) is 94.2 cm³/mol. The average molecular weight is 330 g/mol. The molecule has 1 atom stereocenters. The highest BCUT2D eigenvalue weighted by molar-refractivity contribution is 5.80. The fraction of sp³-hybridized carbons (Fsp3) is 0.250. The van der Waals surface area contributed by atoms with Crippen molar-refractivity contribution in [1.82, 2.24) is 10.6 Å². The van der Waals surface area contributed by atoms with Gasteiger partial charge in [0, 0.05) is 19.5 Å². The summed E-state index contributed by atoms with van der Waals surface area (Å²) in [4.78, 5) is 12.0. The number of benzene rings is 2. The van der Waals surface area contributed by atoms with Crippen LogP contribution in [0.5, 0.6) is 0 Å². The van der Waals surface area contributed by atoms with Gasteiger partial charge >= 0.3 is 0 Å². The second-order valence-electron chi connectivity index (χ2n) is 6.14. The second-order valence-corrected chi connectivity index (χ2v) is 6.14. The Morgan fingerprint density at radius 3 is 2.16 bits per heavy atom. The smallest absolute Gasteiger partial charge is 0.226 e. The second kappa shape index (κ2) is 7.61. The molecule has 2 aromatic rings. The average Bonchev–Trinajstić information content (AvgIpc) is 2.60. The van der Waals surface area contributed by atoms with Gasteiger partial charge in [-0.2, -0.15) is 10.5 Å². The topological polar surface area (TPSA) is 88.7 Å². The largest absolute Gasteiger partial charge is 0.340 e. The quantitative estimate of drug-likeness (QED) is 0.877. The standard InChI is InChI=1S/C20H18N4O/c21-10-15-3-7-17(8-4-15)16-5-1-14(2-6-16)9-19(11-22)24-20(25)18-12-23-13-18/h1-8,18-19,23H,9,12-13H2,(H,24,25). The number of nitrogens with one attached hydrogen (secondary N) is 2. The molecular formula is C20H18N4O. The van der Waals surface area contributed by atoms with Crippen molar-refractivity contribution < 1.29 is 4.79 Å². The SMILES string of the molecule is N#Cc1ccc(-c2ccc(CC(C#N)NC(=O)C3CNC3)cc2)cc1. The number of hydrogen-bond acceptors (Lipinski definition) is 4. The maximum Gasteiger partial charge on any atom is 0.226 e. The maximum atomic E-state index is 12.0. The van der Waals surface area contributed by atoms with E-state index in [1.54, 1.807) is 12.1 Å². The van der Waals surface area contributed by atoms with Gasteiger partial charge in [-0.05, 0) is 28.8 Å². The molecule has 0 saturated carbocycles. The fourth-order valence-electron chi connectivity index (χ4n) is 2.70. The van der Waals surface area contributed by atoms with Crippen LogP contribution in [0.2, 0.25) is 0 Å². The monoisotopic (exact) mass is 330 g/mol. The Balaban J connectivity index is 1.63. The molecule has 1 saturated heterocycles. The van der Waals surface area contributed by atoms with Gasteiger partial charge in [0.1, 0.15) is 6.04 Å². The normalized spacial score (nSPS) is 14.6. The summed E-state index contributed by atoms with van der Waals surface area (Å²) in [5, 5.41) is 24.0. The Morgan fingerprint density at radius 1 is 1.08 bits per heavy atom. The van der Waals surface area contributed by atoms with Gasteiger partial charge in [-0.3, -0.25) is 4.79 Å². The molecule has 1 unspecified atom stereocenters. The summed E-state index contributed by atoms with van der Waals surface area (Å²) in [7, 11) is 0. The van der Waals surface area contributed by atoms with Crippen molar-refractivity contribution in [2.45, 2.75) is 12.5 Å². The number of carbonyl (C=O) groups is 1. The molecule has 2 N–H and O–H groups in total. The highest BCUT2D eigenvalue weighted by atomic mass is 16.2. The summed E-state index contributed by atoms with van der Waals surface area (Å²) >= 11 is 0. The van der Waals surface area contributed by atoms with E-state index in [4.69, 9.17) is 5.26 Å². The van der Waals surface area contributed by atoms with Crippen molar-refractivity contribution in [2.24, 2.45) is 5.92 Å². The molecule has 0 radical (unpaired) electrons. The molecular weight excluding hydrogens is 312 g/mol. The van der Waals surface area contributed by atoms with E-state index in [1.807, 2.05) is 36.4 Å². The summed E-state index contributed by atoms with van der Waals surface area (Å²) in [6.45, 7) is 1.37. The Hall–Kier alpha value is -3.15. The summed E-state index contributed by atoms with van der Waals surface area (Å²) in [5.74, 6) is -0.0749. The minimum Gasteiger partial charge on any atom is -0.340 e. The first-order chi connectivity index (χ1) is 12.2. The lowest BCUT2D eigenvalue weighted by molar-refractivity contribution is -0.126. The molecule has 1 amide bonds. The van der Waals surface area contributed by atoms with Crippen molar-refractivity contribution in [1.29, 1.82) is 10.5 Å². The van der Waals surface area contributed by atoms with Crippen LogP contribution in [0.25, 0.3) is 11.1 Å². The lowest BCUT2D eigenvalue weighted by Gasteiger charge is -2.26. The Bertz CT molecular complexity index is 824. The lowest BCUT2D eigenvalue weighted by Crippen LogP contribution is -2.52. The minimum absolute atomic E-state index is 0.0189. The molecule has 25 heavy (non-hydrogen) atoms. The van der Waals surface area contributed by atoms with E-state index in [0.29, 0.717) is 25.1 Å². The number of amides is 1. The van der Waals surface area contributed by atoms with Crippen LogP contribution in [0, 0.1) is 28.6 Å². The molecule has 0 spiro atoms. The van der Waals surface area contributed by atoms with Gasteiger partial charge in [0.2, 0.25) is 5.91 Å². The van der Waals surface area contributed by atoms with Gasteiger partial charge in [-0.1, -0.05) is 36.4 Å². The van der Waals surface area contributed by atoms with E-state index >= 15 is 0 Å². The van der Waals surface area contributed by atoms with Crippen LogP contribution < -0.4 is 10.6 Å². The van der Waals surface area contributed by atoms with Crippen LogP contribution in [-0.4, -0.2) is 25.0 Å². The van der Waals surface area contributed by atoms with Crippen molar-refractivity contribution >= 4 is 5.91 Å². The van der Waals surface area contributed by atoms with E-state index in [2.05, 4.69) is 22.8 Å². The predicted octanol–water partition coefficient (Wildman–Crippen LogP) is 2.00. The summed E-state index contributed by atoms with van der Waals surface area (Å²) in [6.07, 6.45) is 0.482. The van der Waals surface area contributed by atoms with Crippen LogP contribution in [-0.2, 0) is 11.2 Å². The Kier molecular flexibility index (Phi) is 5.09. The molecule has 1 fully saturated rings. The first-order valence-electron chi connectivity index (χ1n) is 8.20. The Labute approximate surface area is 146 Å². The zero-order valence-corrected chi connectivity index (χ0v) is 13.7. The van der Waals surface area contributed by atoms with E-state index in [-0.39, 0.29) is 11.8 Å². The molecule has 1 aliphatic rings. The molecule has 0 aromatic heterocycles. The van der Waals surface area contributed by atoms with E-state index in [1.165, 1.54) is 0 Å². The molecule has 2 aromatic carbocycles. The number of hydrogen-bond donors (Lipinski definition) is 2.